The third-order valence-corrected chi connectivity index (χ3v) is 3.48. The van der Waals surface area contributed by atoms with E-state index in [4.69, 9.17) is 5.73 Å². The molecule has 104 valence electrons. The summed E-state index contributed by atoms with van der Waals surface area (Å²) in [5, 5.41) is 0. The predicted octanol–water partition coefficient (Wildman–Crippen LogP) is 2.57. The Hall–Kier alpha value is -1.72. The molecule has 0 saturated heterocycles. The molecule has 3 nitrogen and oxygen atoms in total. The largest absolute Gasteiger partial charge is 0.370 e. The second-order valence-electron chi connectivity index (χ2n) is 4.68. The molecule has 0 radical (unpaired) electrons. The summed E-state index contributed by atoms with van der Waals surface area (Å²) < 4.78 is 39.6. The molecule has 1 aromatic carbocycles. The quantitative estimate of drug-likeness (QED) is 0.858. The van der Waals surface area contributed by atoms with Gasteiger partial charge in [0, 0.05) is 6.04 Å². The van der Waals surface area contributed by atoms with Crippen molar-refractivity contribution in [3.05, 3.63) is 35.1 Å². The number of nitrogens with zero attached hydrogens (tertiary/aromatic N) is 2. The van der Waals surface area contributed by atoms with E-state index in [0.29, 0.717) is 18.1 Å². The number of benzene rings is 1. The Balaban J connectivity index is 2.37. The molecule has 0 aromatic heterocycles. The SMILES string of the molecule is CCC(C)N1C(N)=NCC1c1cc(F)c(F)c(F)c1. The highest BCUT2D eigenvalue weighted by molar-refractivity contribution is 5.80. The summed E-state index contributed by atoms with van der Waals surface area (Å²) in [6, 6.07) is 1.76. The van der Waals surface area contributed by atoms with E-state index >= 15 is 0 Å². The van der Waals surface area contributed by atoms with E-state index in [1.54, 1.807) is 0 Å². The molecule has 0 aliphatic carbocycles. The highest BCUT2D eigenvalue weighted by Gasteiger charge is 2.31. The number of guanidine groups is 1. The summed E-state index contributed by atoms with van der Waals surface area (Å²) in [6.07, 6.45) is 0.818. The maximum atomic E-state index is 13.3. The molecule has 1 aliphatic rings. The molecule has 2 atom stereocenters. The van der Waals surface area contributed by atoms with E-state index in [1.165, 1.54) is 0 Å². The molecule has 0 spiro atoms. The van der Waals surface area contributed by atoms with Crippen molar-refractivity contribution in [3.63, 3.8) is 0 Å². The van der Waals surface area contributed by atoms with E-state index in [9.17, 15) is 13.2 Å². The summed E-state index contributed by atoms with van der Waals surface area (Å²) in [5.41, 5.74) is 6.15. The Morgan fingerprint density at radius 3 is 2.47 bits per heavy atom. The summed E-state index contributed by atoms with van der Waals surface area (Å²) >= 11 is 0. The Kier molecular flexibility index (Phi) is 3.68. The van der Waals surface area contributed by atoms with Gasteiger partial charge >= 0.3 is 0 Å². The summed E-state index contributed by atoms with van der Waals surface area (Å²) in [5.74, 6) is -3.48. The molecule has 0 amide bonds. The minimum absolute atomic E-state index is 0.0902. The fourth-order valence-corrected chi connectivity index (χ4v) is 2.27. The molecule has 0 saturated carbocycles. The van der Waals surface area contributed by atoms with Crippen molar-refractivity contribution >= 4 is 5.96 Å². The minimum Gasteiger partial charge on any atom is -0.370 e. The average molecular weight is 271 g/mol. The highest BCUT2D eigenvalue weighted by Crippen LogP contribution is 2.30. The van der Waals surface area contributed by atoms with E-state index < -0.39 is 17.5 Å². The van der Waals surface area contributed by atoms with Crippen LogP contribution in [0.2, 0.25) is 0 Å². The van der Waals surface area contributed by atoms with Gasteiger partial charge in [0.15, 0.2) is 23.4 Å². The van der Waals surface area contributed by atoms with Crippen LogP contribution in [-0.2, 0) is 0 Å². The third-order valence-electron chi connectivity index (χ3n) is 3.48. The maximum Gasteiger partial charge on any atom is 0.194 e. The zero-order chi connectivity index (χ0) is 14.2. The van der Waals surface area contributed by atoms with Crippen molar-refractivity contribution in [1.29, 1.82) is 0 Å². The standard InChI is InChI=1S/C13H16F3N3/c1-3-7(2)19-11(6-18-13(19)17)8-4-9(14)12(16)10(15)5-8/h4-5,7,11H,3,6H2,1-2H3,(H2,17,18). The molecule has 0 fully saturated rings. The smallest absolute Gasteiger partial charge is 0.194 e. The number of hydrogen-bond acceptors (Lipinski definition) is 3. The van der Waals surface area contributed by atoms with Crippen LogP contribution in [0, 0.1) is 17.5 Å². The van der Waals surface area contributed by atoms with E-state index in [2.05, 4.69) is 4.99 Å². The molecule has 19 heavy (non-hydrogen) atoms. The van der Waals surface area contributed by atoms with Crippen molar-refractivity contribution in [3.8, 4) is 0 Å². The number of hydrogen-bond donors (Lipinski definition) is 1. The van der Waals surface area contributed by atoms with Crippen LogP contribution in [0.15, 0.2) is 17.1 Å². The van der Waals surface area contributed by atoms with Crippen LogP contribution in [0.1, 0.15) is 31.9 Å². The lowest BCUT2D eigenvalue weighted by Gasteiger charge is -2.32. The van der Waals surface area contributed by atoms with Gasteiger partial charge < -0.3 is 10.6 Å². The molecule has 1 aliphatic heterocycles. The lowest BCUT2D eigenvalue weighted by Crippen LogP contribution is -2.42. The van der Waals surface area contributed by atoms with Gasteiger partial charge in [0.2, 0.25) is 0 Å². The van der Waals surface area contributed by atoms with Crippen LogP contribution >= 0.6 is 0 Å². The van der Waals surface area contributed by atoms with Gasteiger partial charge in [-0.3, -0.25) is 4.99 Å². The van der Waals surface area contributed by atoms with Gasteiger partial charge in [0.25, 0.3) is 0 Å². The number of rotatable bonds is 3. The first kappa shape index (κ1) is 13.7. The van der Waals surface area contributed by atoms with Crippen molar-refractivity contribution in [2.24, 2.45) is 10.7 Å². The van der Waals surface area contributed by atoms with Crippen LogP contribution in [0.5, 0.6) is 0 Å². The predicted molar refractivity (Wildman–Crippen MR) is 67.1 cm³/mol. The molecule has 1 heterocycles. The van der Waals surface area contributed by atoms with Crippen LogP contribution < -0.4 is 5.73 Å². The molecule has 2 rings (SSSR count). The van der Waals surface area contributed by atoms with Gasteiger partial charge in [-0.25, -0.2) is 13.2 Å². The minimum atomic E-state index is -1.45. The average Bonchev–Trinajstić information content (AvgIpc) is 2.76. The van der Waals surface area contributed by atoms with Gasteiger partial charge in [-0.15, -0.1) is 0 Å². The van der Waals surface area contributed by atoms with E-state index in [1.807, 2.05) is 18.7 Å². The van der Waals surface area contributed by atoms with Crippen LogP contribution in [0.4, 0.5) is 13.2 Å². The van der Waals surface area contributed by atoms with Gasteiger partial charge in [-0.1, -0.05) is 6.92 Å². The van der Waals surface area contributed by atoms with Gasteiger partial charge in [0.05, 0.1) is 12.6 Å². The zero-order valence-electron chi connectivity index (χ0n) is 10.8. The van der Waals surface area contributed by atoms with Crippen molar-refractivity contribution in [2.45, 2.75) is 32.4 Å². The maximum absolute atomic E-state index is 13.3. The Morgan fingerprint density at radius 2 is 1.95 bits per heavy atom. The van der Waals surface area contributed by atoms with Gasteiger partial charge in [-0.05, 0) is 31.0 Å². The van der Waals surface area contributed by atoms with Crippen LogP contribution in [-0.4, -0.2) is 23.4 Å². The lowest BCUT2D eigenvalue weighted by atomic mass is 10.0. The monoisotopic (exact) mass is 271 g/mol. The topological polar surface area (TPSA) is 41.6 Å². The van der Waals surface area contributed by atoms with Crippen LogP contribution in [0.25, 0.3) is 0 Å². The Morgan fingerprint density at radius 1 is 1.37 bits per heavy atom. The molecular formula is C13H16F3N3. The van der Waals surface area contributed by atoms with Gasteiger partial charge in [-0.2, -0.15) is 0 Å². The van der Waals surface area contributed by atoms with Gasteiger partial charge in [0.1, 0.15) is 0 Å². The summed E-state index contributed by atoms with van der Waals surface area (Å²) in [7, 11) is 0. The summed E-state index contributed by atoms with van der Waals surface area (Å²) in [4.78, 5) is 5.92. The molecule has 1 aromatic rings. The van der Waals surface area contributed by atoms with Crippen molar-refractivity contribution < 1.29 is 13.2 Å². The zero-order valence-corrected chi connectivity index (χ0v) is 10.8. The van der Waals surface area contributed by atoms with Crippen LogP contribution in [0.3, 0.4) is 0 Å². The highest BCUT2D eigenvalue weighted by atomic mass is 19.2. The first-order chi connectivity index (χ1) is 8.95. The summed E-state index contributed by atoms with van der Waals surface area (Å²) in [6.45, 7) is 4.26. The first-order valence-corrected chi connectivity index (χ1v) is 6.18. The second-order valence-corrected chi connectivity index (χ2v) is 4.68. The van der Waals surface area contributed by atoms with E-state index in [-0.39, 0.29) is 12.1 Å². The Labute approximate surface area is 109 Å². The Bertz CT molecular complexity index is 493. The van der Waals surface area contributed by atoms with Crippen molar-refractivity contribution in [1.82, 2.24) is 4.90 Å². The lowest BCUT2D eigenvalue weighted by molar-refractivity contribution is 0.266. The number of halogens is 3. The number of nitrogens with two attached hydrogens (primary N) is 1. The molecule has 0 bridgehead atoms. The molecule has 2 unspecified atom stereocenters. The fraction of sp³-hybridized carbons (Fsp3) is 0.462. The normalized spacial score (nSPS) is 20.6. The second kappa shape index (κ2) is 5.11. The molecule has 2 N–H and O–H groups in total. The van der Waals surface area contributed by atoms with Crippen molar-refractivity contribution in [2.75, 3.05) is 6.54 Å². The molecular weight excluding hydrogens is 255 g/mol. The third kappa shape index (κ3) is 2.39. The fourth-order valence-electron chi connectivity index (χ4n) is 2.27. The number of aliphatic imine (C=N–C) groups is 1. The van der Waals surface area contributed by atoms with E-state index in [0.717, 1.165) is 18.6 Å². The first-order valence-electron chi connectivity index (χ1n) is 6.18. The molecule has 6 heteroatoms.